The van der Waals surface area contributed by atoms with E-state index >= 15 is 0 Å². The Morgan fingerprint density at radius 1 is 1.50 bits per heavy atom. The van der Waals surface area contributed by atoms with E-state index in [1.54, 1.807) is 6.20 Å². The minimum Gasteiger partial charge on any atom is -0.487 e. The summed E-state index contributed by atoms with van der Waals surface area (Å²) in [7, 11) is 0. The third-order valence-electron chi connectivity index (χ3n) is 5.21. The second kappa shape index (κ2) is 4.98. The van der Waals surface area contributed by atoms with Crippen molar-refractivity contribution >= 4 is 5.91 Å². The second-order valence-corrected chi connectivity index (χ2v) is 7.04. The van der Waals surface area contributed by atoms with Crippen molar-refractivity contribution in [3.8, 4) is 11.8 Å². The van der Waals surface area contributed by atoms with E-state index in [1.165, 1.54) is 6.20 Å². The number of rotatable bonds is 2. The van der Waals surface area contributed by atoms with Gasteiger partial charge in [-0.05, 0) is 5.92 Å². The van der Waals surface area contributed by atoms with Crippen molar-refractivity contribution in [1.29, 1.82) is 5.26 Å². The summed E-state index contributed by atoms with van der Waals surface area (Å²) in [6.45, 7) is 8.71. The fraction of sp³-hybridized carbons (Fsp3) is 0.588. The summed E-state index contributed by atoms with van der Waals surface area (Å²) in [5.41, 5.74) is 0.892. The maximum absolute atomic E-state index is 13.0. The summed E-state index contributed by atoms with van der Waals surface area (Å²) < 4.78 is 5.94. The fourth-order valence-electron chi connectivity index (χ4n) is 3.10. The van der Waals surface area contributed by atoms with Gasteiger partial charge in [-0.25, -0.2) is 0 Å². The lowest BCUT2D eigenvalue weighted by atomic mass is 9.79. The van der Waals surface area contributed by atoms with Crippen LogP contribution >= 0.6 is 0 Å². The zero-order valence-corrected chi connectivity index (χ0v) is 13.5. The topological polar surface area (TPSA) is 66.2 Å². The van der Waals surface area contributed by atoms with Gasteiger partial charge in [0.2, 0.25) is 5.91 Å². The molecule has 1 fully saturated rings. The number of hydrogen-bond donors (Lipinski definition) is 0. The molecule has 22 heavy (non-hydrogen) atoms. The molecule has 0 radical (unpaired) electrons. The molecule has 2 atom stereocenters. The first-order valence-electron chi connectivity index (χ1n) is 7.72. The maximum Gasteiger partial charge on any atom is 0.229 e. The van der Waals surface area contributed by atoms with Gasteiger partial charge in [-0.15, -0.1) is 0 Å². The van der Waals surface area contributed by atoms with Crippen LogP contribution in [-0.4, -0.2) is 28.4 Å². The largest absolute Gasteiger partial charge is 0.487 e. The third-order valence-corrected chi connectivity index (χ3v) is 5.21. The van der Waals surface area contributed by atoms with E-state index in [-0.39, 0.29) is 24.0 Å². The number of amides is 1. The molecule has 116 valence electrons. The standard InChI is InChI=1S/C17H21N3O2/c1-10(2)17(3,4)16(21)20-9-12-5-14(20)13-8-19-7-11(6-18)15(13)22-12/h7-8,10,12,14H,5,9H2,1-4H3/t12-,14-/m0/s1. The Labute approximate surface area is 130 Å². The zero-order chi connectivity index (χ0) is 16.1. The normalized spacial score (nSPS) is 23.0. The number of pyridine rings is 1. The molecule has 1 saturated heterocycles. The summed E-state index contributed by atoms with van der Waals surface area (Å²) in [4.78, 5) is 19.1. The first-order valence-corrected chi connectivity index (χ1v) is 7.72. The van der Waals surface area contributed by atoms with Gasteiger partial charge >= 0.3 is 0 Å². The van der Waals surface area contributed by atoms with Crippen LogP contribution in [0.4, 0.5) is 0 Å². The number of carbonyl (C=O) groups is 1. The Bertz CT molecular complexity index is 660. The molecule has 2 aliphatic rings. The molecule has 1 amide bonds. The molecule has 1 aromatic rings. The van der Waals surface area contributed by atoms with Gasteiger partial charge in [0.1, 0.15) is 23.5 Å². The lowest BCUT2D eigenvalue weighted by Crippen LogP contribution is -2.43. The van der Waals surface area contributed by atoms with Gasteiger partial charge in [-0.1, -0.05) is 27.7 Å². The summed E-state index contributed by atoms with van der Waals surface area (Å²) in [5, 5.41) is 9.21. The summed E-state index contributed by atoms with van der Waals surface area (Å²) in [6, 6.07) is 2.10. The van der Waals surface area contributed by atoms with Gasteiger partial charge in [0.05, 0.1) is 12.6 Å². The number of ether oxygens (including phenoxy) is 1. The van der Waals surface area contributed by atoms with Crippen LogP contribution in [-0.2, 0) is 4.79 Å². The lowest BCUT2D eigenvalue weighted by Gasteiger charge is -2.35. The average molecular weight is 299 g/mol. The molecule has 0 aliphatic carbocycles. The van der Waals surface area contributed by atoms with Gasteiger partial charge in [0.15, 0.2) is 0 Å². The number of carbonyl (C=O) groups excluding carboxylic acids is 1. The maximum atomic E-state index is 13.0. The van der Waals surface area contributed by atoms with Crippen LogP contribution in [0.15, 0.2) is 12.4 Å². The summed E-state index contributed by atoms with van der Waals surface area (Å²) in [5.74, 6) is 1.01. The van der Waals surface area contributed by atoms with Crippen LogP contribution in [0, 0.1) is 22.7 Å². The summed E-state index contributed by atoms with van der Waals surface area (Å²) >= 11 is 0. The van der Waals surface area contributed by atoms with Crippen LogP contribution in [0.25, 0.3) is 0 Å². The van der Waals surface area contributed by atoms with Crippen LogP contribution in [0.1, 0.15) is 51.3 Å². The van der Waals surface area contributed by atoms with E-state index in [1.807, 2.05) is 18.7 Å². The molecular weight excluding hydrogens is 278 g/mol. The highest BCUT2D eigenvalue weighted by Gasteiger charge is 2.47. The first kappa shape index (κ1) is 14.8. The number of likely N-dealkylation sites (tertiary alicyclic amines) is 1. The number of nitrogens with zero attached hydrogens (tertiary/aromatic N) is 3. The number of aromatic nitrogens is 1. The number of hydrogen-bond acceptors (Lipinski definition) is 4. The Morgan fingerprint density at radius 3 is 2.86 bits per heavy atom. The highest BCUT2D eigenvalue weighted by atomic mass is 16.5. The Kier molecular flexibility index (Phi) is 3.36. The molecule has 3 rings (SSSR count). The highest BCUT2D eigenvalue weighted by Crippen LogP contribution is 2.46. The molecule has 2 bridgehead atoms. The molecule has 2 aliphatic heterocycles. The van der Waals surface area contributed by atoms with E-state index in [2.05, 4.69) is 24.9 Å². The molecule has 0 aromatic carbocycles. The van der Waals surface area contributed by atoms with E-state index < -0.39 is 5.41 Å². The second-order valence-electron chi connectivity index (χ2n) is 7.04. The zero-order valence-electron chi connectivity index (χ0n) is 13.5. The molecule has 0 N–H and O–H groups in total. The number of nitriles is 1. The molecule has 0 saturated carbocycles. The van der Waals surface area contributed by atoms with Crippen molar-refractivity contribution in [1.82, 2.24) is 9.88 Å². The minimum absolute atomic E-state index is 0.0277. The average Bonchev–Trinajstić information content (AvgIpc) is 2.83. The van der Waals surface area contributed by atoms with Crippen LogP contribution in [0.3, 0.4) is 0 Å². The Morgan fingerprint density at radius 2 is 2.23 bits per heavy atom. The summed E-state index contributed by atoms with van der Waals surface area (Å²) in [6.07, 6.45) is 4.00. The predicted molar refractivity (Wildman–Crippen MR) is 81.1 cm³/mol. The van der Waals surface area contributed by atoms with E-state index in [0.29, 0.717) is 17.9 Å². The molecule has 3 heterocycles. The Balaban J connectivity index is 1.99. The minimum atomic E-state index is -0.419. The van der Waals surface area contributed by atoms with Crippen LogP contribution in [0.2, 0.25) is 0 Å². The van der Waals surface area contributed by atoms with Crippen molar-refractivity contribution in [3.05, 3.63) is 23.5 Å². The van der Waals surface area contributed by atoms with Crippen molar-refractivity contribution in [2.24, 2.45) is 11.3 Å². The first-order chi connectivity index (χ1) is 10.4. The van der Waals surface area contributed by atoms with Crippen molar-refractivity contribution in [2.45, 2.75) is 46.3 Å². The molecular formula is C17H21N3O2. The van der Waals surface area contributed by atoms with E-state index in [9.17, 15) is 10.1 Å². The lowest BCUT2D eigenvalue weighted by molar-refractivity contribution is -0.143. The monoisotopic (exact) mass is 299 g/mol. The van der Waals surface area contributed by atoms with Gasteiger partial charge in [0.25, 0.3) is 0 Å². The molecule has 0 spiro atoms. The van der Waals surface area contributed by atoms with Gasteiger partial charge in [-0.2, -0.15) is 5.26 Å². The fourth-order valence-corrected chi connectivity index (χ4v) is 3.10. The smallest absolute Gasteiger partial charge is 0.229 e. The predicted octanol–water partition coefficient (Wildman–Crippen LogP) is 2.67. The molecule has 0 unspecified atom stereocenters. The van der Waals surface area contributed by atoms with Crippen molar-refractivity contribution in [3.63, 3.8) is 0 Å². The number of fused-ring (bicyclic) bond motifs is 4. The van der Waals surface area contributed by atoms with Gasteiger partial charge in [-0.3, -0.25) is 9.78 Å². The van der Waals surface area contributed by atoms with Gasteiger partial charge in [0, 0.05) is 29.8 Å². The SMILES string of the molecule is CC(C)C(C)(C)C(=O)N1C[C@@H]2C[C@H]1c1cncc(C#N)c1O2. The van der Waals surface area contributed by atoms with Crippen LogP contribution < -0.4 is 4.74 Å². The quantitative estimate of drug-likeness (QED) is 0.842. The Hall–Kier alpha value is -2.09. The van der Waals surface area contributed by atoms with Gasteiger partial charge < -0.3 is 9.64 Å². The van der Waals surface area contributed by atoms with E-state index in [4.69, 9.17) is 4.74 Å². The molecule has 5 heteroatoms. The van der Waals surface area contributed by atoms with E-state index in [0.717, 1.165) is 12.0 Å². The molecule has 1 aromatic heterocycles. The highest BCUT2D eigenvalue weighted by molar-refractivity contribution is 5.83. The molecule has 5 nitrogen and oxygen atoms in total. The van der Waals surface area contributed by atoms with Crippen LogP contribution in [0.5, 0.6) is 5.75 Å². The van der Waals surface area contributed by atoms with Crippen molar-refractivity contribution < 1.29 is 9.53 Å². The van der Waals surface area contributed by atoms with Crippen molar-refractivity contribution in [2.75, 3.05) is 6.54 Å². The third kappa shape index (κ3) is 2.06.